The molecule has 0 aliphatic heterocycles. The van der Waals surface area contributed by atoms with Gasteiger partial charge in [-0.2, -0.15) is 0 Å². The summed E-state index contributed by atoms with van der Waals surface area (Å²) in [7, 11) is 0. The van der Waals surface area contributed by atoms with E-state index in [1.165, 1.54) is 12.1 Å². The number of nitrogens with two attached hydrogens (primary N) is 1. The van der Waals surface area contributed by atoms with Gasteiger partial charge in [-0.3, -0.25) is 4.79 Å². The van der Waals surface area contributed by atoms with Crippen LogP contribution in [0.3, 0.4) is 0 Å². The highest BCUT2D eigenvalue weighted by Gasteiger charge is 2.14. The molecule has 2 aromatic rings. The van der Waals surface area contributed by atoms with Crippen molar-refractivity contribution in [3.05, 3.63) is 59.4 Å². The molecule has 0 bridgehead atoms. The Kier molecular flexibility index (Phi) is 3.93. The van der Waals surface area contributed by atoms with Gasteiger partial charge in [0, 0.05) is 5.56 Å². The van der Waals surface area contributed by atoms with E-state index in [1.54, 1.807) is 0 Å². The van der Waals surface area contributed by atoms with E-state index in [4.69, 9.17) is 5.73 Å². The van der Waals surface area contributed by atoms with Gasteiger partial charge in [-0.15, -0.1) is 0 Å². The predicted molar refractivity (Wildman–Crippen MR) is 69.5 cm³/mol. The van der Waals surface area contributed by atoms with Crippen molar-refractivity contribution in [2.45, 2.75) is 6.42 Å². The second kappa shape index (κ2) is 5.64. The maximum atomic E-state index is 13.4. The Bertz CT molecular complexity index is 639. The number of carbonyl (C=O) groups excluding carboxylic acids is 1. The highest BCUT2D eigenvalue weighted by atomic mass is 19.1. The fourth-order valence-electron chi connectivity index (χ4n) is 1.69. The lowest BCUT2D eigenvalue weighted by Crippen LogP contribution is -2.17. The Morgan fingerprint density at radius 3 is 2.40 bits per heavy atom. The lowest BCUT2D eigenvalue weighted by Gasteiger charge is -2.09. The molecule has 104 valence electrons. The molecule has 0 atom stereocenters. The SMILES string of the molecule is Nc1ccc(F)cc1NC(=O)Cc1c(F)cccc1F. The standard InChI is InChI=1S/C14H11F3N2O/c15-8-4-5-12(18)13(6-8)19-14(20)7-9-10(16)2-1-3-11(9)17/h1-6H,7,18H2,(H,19,20). The van der Waals surface area contributed by atoms with Crippen molar-refractivity contribution in [2.75, 3.05) is 11.1 Å². The zero-order valence-corrected chi connectivity index (χ0v) is 10.3. The average molecular weight is 280 g/mol. The number of hydrogen-bond donors (Lipinski definition) is 2. The van der Waals surface area contributed by atoms with Crippen LogP contribution >= 0.6 is 0 Å². The van der Waals surface area contributed by atoms with Gasteiger partial charge in [0.1, 0.15) is 17.5 Å². The topological polar surface area (TPSA) is 55.1 Å². The Balaban J connectivity index is 2.15. The van der Waals surface area contributed by atoms with Crippen LogP contribution in [0.5, 0.6) is 0 Å². The van der Waals surface area contributed by atoms with E-state index in [9.17, 15) is 18.0 Å². The smallest absolute Gasteiger partial charge is 0.229 e. The van der Waals surface area contributed by atoms with E-state index >= 15 is 0 Å². The number of halogens is 3. The quantitative estimate of drug-likeness (QED) is 0.849. The summed E-state index contributed by atoms with van der Waals surface area (Å²) in [6, 6.07) is 6.78. The number of nitrogens with one attached hydrogen (secondary N) is 1. The first-order valence-electron chi connectivity index (χ1n) is 5.75. The van der Waals surface area contributed by atoms with Crippen LogP contribution in [-0.2, 0) is 11.2 Å². The summed E-state index contributed by atoms with van der Waals surface area (Å²) in [5.41, 5.74) is 5.44. The van der Waals surface area contributed by atoms with Gasteiger partial charge in [-0.05, 0) is 30.3 Å². The monoisotopic (exact) mass is 280 g/mol. The molecule has 0 aromatic heterocycles. The number of amides is 1. The molecule has 3 nitrogen and oxygen atoms in total. The van der Waals surface area contributed by atoms with Crippen molar-refractivity contribution in [3.8, 4) is 0 Å². The molecular weight excluding hydrogens is 269 g/mol. The van der Waals surface area contributed by atoms with Crippen molar-refractivity contribution in [1.82, 2.24) is 0 Å². The Labute approximate surface area is 113 Å². The van der Waals surface area contributed by atoms with Crippen LogP contribution in [0, 0.1) is 17.5 Å². The maximum absolute atomic E-state index is 13.4. The molecule has 0 spiro atoms. The highest BCUT2D eigenvalue weighted by molar-refractivity contribution is 5.95. The number of benzene rings is 2. The summed E-state index contributed by atoms with van der Waals surface area (Å²) in [6.07, 6.45) is -0.505. The molecular formula is C14H11F3N2O. The molecule has 0 heterocycles. The van der Waals surface area contributed by atoms with Gasteiger partial charge in [0.15, 0.2) is 0 Å². The fraction of sp³-hybridized carbons (Fsp3) is 0.0714. The summed E-state index contributed by atoms with van der Waals surface area (Å²) in [4.78, 5) is 11.7. The van der Waals surface area contributed by atoms with Crippen LogP contribution in [0.4, 0.5) is 24.5 Å². The van der Waals surface area contributed by atoms with E-state index in [0.29, 0.717) is 0 Å². The van der Waals surface area contributed by atoms with Crippen molar-refractivity contribution in [1.29, 1.82) is 0 Å². The lowest BCUT2D eigenvalue weighted by molar-refractivity contribution is -0.115. The van der Waals surface area contributed by atoms with Crippen LogP contribution < -0.4 is 11.1 Å². The van der Waals surface area contributed by atoms with E-state index in [2.05, 4.69) is 5.32 Å². The first-order valence-corrected chi connectivity index (χ1v) is 5.75. The summed E-state index contributed by atoms with van der Waals surface area (Å²) < 4.78 is 39.8. The number of hydrogen-bond acceptors (Lipinski definition) is 2. The summed E-state index contributed by atoms with van der Waals surface area (Å²) in [5, 5.41) is 2.32. The third-order valence-corrected chi connectivity index (χ3v) is 2.69. The van der Waals surface area contributed by atoms with E-state index in [0.717, 1.165) is 24.3 Å². The molecule has 0 saturated carbocycles. The van der Waals surface area contributed by atoms with Gasteiger partial charge >= 0.3 is 0 Å². The molecule has 0 fully saturated rings. The summed E-state index contributed by atoms with van der Waals surface area (Å²) in [6.45, 7) is 0. The minimum atomic E-state index is -0.813. The summed E-state index contributed by atoms with van der Waals surface area (Å²) >= 11 is 0. The predicted octanol–water partition coefficient (Wildman–Crippen LogP) is 2.87. The zero-order chi connectivity index (χ0) is 14.7. The number of nitrogen functional groups attached to an aromatic ring is 1. The van der Waals surface area contributed by atoms with Crippen molar-refractivity contribution >= 4 is 17.3 Å². The molecule has 6 heteroatoms. The highest BCUT2D eigenvalue weighted by Crippen LogP contribution is 2.20. The fourth-order valence-corrected chi connectivity index (χ4v) is 1.69. The van der Waals surface area contributed by atoms with Gasteiger partial charge in [0.25, 0.3) is 0 Å². The first kappa shape index (κ1) is 13.9. The van der Waals surface area contributed by atoms with Crippen LogP contribution in [0.2, 0.25) is 0 Å². The van der Waals surface area contributed by atoms with Crippen molar-refractivity contribution in [2.24, 2.45) is 0 Å². The molecule has 0 saturated heterocycles. The van der Waals surface area contributed by atoms with Crippen LogP contribution in [-0.4, -0.2) is 5.91 Å². The van der Waals surface area contributed by atoms with E-state index < -0.39 is 29.8 Å². The van der Waals surface area contributed by atoms with Crippen LogP contribution in [0.1, 0.15) is 5.56 Å². The number of carbonyl (C=O) groups is 1. The maximum Gasteiger partial charge on any atom is 0.229 e. The van der Waals surface area contributed by atoms with Gasteiger partial charge in [0.2, 0.25) is 5.91 Å². The van der Waals surface area contributed by atoms with Gasteiger partial charge in [-0.1, -0.05) is 6.07 Å². The third-order valence-electron chi connectivity index (χ3n) is 2.69. The van der Waals surface area contributed by atoms with Crippen LogP contribution in [0.15, 0.2) is 36.4 Å². The van der Waals surface area contributed by atoms with Crippen LogP contribution in [0.25, 0.3) is 0 Å². The Morgan fingerprint density at radius 2 is 1.75 bits per heavy atom. The average Bonchev–Trinajstić information content (AvgIpc) is 2.38. The normalized spacial score (nSPS) is 10.3. The van der Waals surface area contributed by atoms with Gasteiger partial charge in [0.05, 0.1) is 17.8 Å². The minimum Gasteiger partial charge on any atom is -0.397 e. The molecule has 0 unspecified atom stereocenters. The first-order chi connectivity index (χ1) is 9.47. The van der Waals surface area contributed by atoms with E-state index in [-0.39, 0.29) is 16.9 Å². The van der Waals surface area contributed by atoms with Gasteiger partial charge < -0.3 is 11.1 Å². The van der Waals surface area contributed by atoms with E-state index in [1.807, 2.05) is 0 Å². The molecule has 0 aliphatic carbocycles. The molecule has 1 amide bonds. The Morgan fingerprint density at radius 1 is 1.10 bits per heavy atom. The molecule has 2 aromatic carbocycles. The summed E-state index contributed by atoms with van der Waals surface area (Å²) in [5.74, 6) is -2.89. The molecule has 20 heavy (non-hydrogen) atoms. The second-order valence-electron chi connectivity index (χ2n) is 4.16. The minimum absolute atomic E-state index is 0.0618. The molecule has 2 rings (SSSR count). The lowest BCUT2D eigenvalue weighted by atomic mass is 10.1. The zero-order valence-electron chi connectivity index (χ0n) is 10.3. The molecule has 0 radical (unpaired) electrons. The number of rotatable bonds is 3. The largest absolute Gasteiger partial charge is 0.397 e. The third kappa shape index (κ3) is 3.09. The number of anilines is 2. The van der Waals surface area contributed by atoms with Crippen molar-refractivity contribution in [3.63, 3.8) is 0 Å². The molecule has 0 aliphatic rings. The van der Waals surface area contributed by atoms with Crippen molar-refractivity contribution < 1.29 is 18.0 Å². The Hall–Kier alpha value is -2.50. The molecule has 3 N–H and O–H groups in total. The van der Waals surface area contributed by atoms with Gasteiger partial charge in [-0.25, -0.2) is 13.2 Å². The second-order valence-corrected chi connectivity index (χ2v) is 4.16.